The number of nitrogens with zero attached hydrogens (tertiary/aromatic N) is 1. The Balaban J connectivity index is 2.33. The Morgan fingerprint density at radius 3 is 3.00 bits per heavy atom. The summed E-state index contributed by atoms with van der Waals surface area (Å²) >= 11 is 0. The molecule has 88 valence electrons. The van der Waals surface area contributed by atoms with Crippen LogP contribution in [-0.4, -0.2) is 16.9 Å². The third-order valence-electron chi connectivity index (χ3n) is 2.68. The van der Waals surface area contributed by atoms with Crippen LogP contribution in [0.25, 0.3) is 10.9 Å². The first-order valence-electron chi connectivity index (χ1n) is 5.62. The van der Waals surface area contributed by atoms with Gasteiger partial charge in [-0.15, -0.1) is 0 Å². The molecule has 0 saturated heterocycles. The lowest BCUT2D eigenvalue weighted by molar-refractivity contribution is -0.117. The molecular weight excluding hydrogens is 214 g/mol. The van der Waals surface area contributed by atoms with Crippen molar-refractivity contribution < 1.29 is 4.79 Å². The third kappa shape index (κ3) is 2.42. The van der Waals surface area contributed by atoms with Crippen LogP contribution in [0.1, 0.15) is 13.3 Å². The van der Waals surface area contributed by atoms with Crippen molar-refractivity contribution in [2.45, 2.75) is 19.4 Å². The zero-order valence-electron chi connectivity index (χ0n) is 9.68. The lowest BCUT2D eigenvalue weighted by Gasteiger charge is -2.11. The number of nitrogens with one attached hydrogen (secondary N) is 1. The van der Waals surface area contributed by atoms with Crippen molar-refractivity contribution in [1.29, 1.82) is 0 Å². The quantitative estimate of drug-likeness (QED) is 0.844. The van der Waals surface area contributed by atoms with Gasteiger partial charge in [-0.25, -0.2) is 0 Å². The lowest BCUT2D eigenvalue weighted by atomic mass is 10.1. The maximum absolute atomic E-state index is 11.7. The minimum absolute atomic E-state index is 0.163. The molecule has 0 bridgehead atoms. The van der Waals surface area contributed by atoms with Gasteiger partial charge in [-0.2, -0.15) is 0 Å². The van der Waals surface area contributed by atoms with E-state index in [1.807, 2.05) is 37.3 Å². The van der Waals surface area contributed by atoms with E-state index in [0.29, 0.717) is 6.42 Å². The zero-order valence-corrected chi connectivity index (χ0v) is 9.68. The van der Waals surface area contributed by atoms with Gasteiger partial charge in [0.25, 0.3) is 0 Å². The molecule has 2 rings (SSSR count). The Hall–Kier alpha value is -1.94. The standard InChI is InChI=1S/C13H15N3O/c1-2-10(14)13(17)16-12-7-3-6-11-9(12)5-4-8-15-11/h3-8,10H,2,14H2,1H3,(H,16,17)/t10-/m1/s1. The van der Waals surface area contributed by atoms with Crippen LogP contribution in [0.2, 0.25) is 0 Å². The van der Waals surface area contributed by atoms with E-state index < -0.39 is 6.04 Å². The average molecular weight is 229 g/mol. The molecule has 4 nitrogen and oxygen atoms in total. The third-order valence-corrected chi connectivity index (χ3v) is 2.68. The fraction of sp³-hybridized carbons (Fsp3) is 0.231. The molecule has 1 amide bonds. The van der Waals surface area contributed by atoms with Crippen LogP contribution in [0, 0.1) is 0 Å². The van der Waals surface area contributed by atoms with Crippen molar-refractivity contribution >= 4 is 22.5 Å². The molecule has 1 atom stereocenters. The summed E-state index contributed by atoms with van der Waals surface area (Å²) in [6.07, 6.45) is 2.35. The molecule has 0 spiro atoms. The van der Waals surface area contributed by atoms with Crippen LogP contribution in [0.5, 0.6) is 0 Å². The van der Waals surface area contributed by atoms with Crippen molar-refractivity contribution in [3.05, 3.63) is 36.5 Å². The molecule has 0 saturated carbocycles. The Labute approximate surface area is 99.8 Å². The number of anilines is 1. The van der Waals surface area contributed by atoms with E-state index in [2.05, 4.69) is 10.3 Å². The predicted molar refractivity (Wildman–Crippen MR) is 68.6 cm³/mol. The van der Waals surface area contributed by atoms with Gasteiger partial charge in [0.1, 0.15) is 0 Å². The van der Waals surface area contributed by atoms with Crippen molar-refractivity contribution in [2.24, 2.45) is 5.73 Å². The maximum Gasteiger partial charge on any atom is 0.241 e. The summed E-state index contributed by atoms with van der Waals surface area (Å²) < 4.78 is 0. The van der Waals surface area contributed by atoms with Gasteiger partial charge in [-0.3, -0.25) is 9.78 Å². The van der Waals surface area contributed by atoms with Gasteiger partial charge >= 0.3 is 0 Å². The summed E-state index contributed by atoms with van der Waals surface area (Å²) in [5, 5.41) is 3.75. The number of benzene rings is 1. The first-order valence-corrected chi connectivity index (χ1v) is 5.62. The first kappa shape index (κ1) is 11.5. The number of hydrogen-bond donors (Lipinski definition) is 2. The second-order valence-corrected chi connectivity index (χ2v) is 3.88. The predicted octanol–water partition coefficient (Wildman–Crippen LogP) is 1.91. The summed E-state index contributed by atoms with van der Waals surface area (Å²) in [5.41, 5.74) is 7.29. The number of carbonyl (C=O) groups excluding carboxylic acids is 1. The Bertz CT molecular complexity index is 534. The van der Waals surface area contributed by atoms with Gasteiger partial charge in [0, 0.05) is 11.6 Å². The number of aromatic nitrogens is 1. The van der Waals surface area contributed by atoms with Crippen LogP contribution < -0.4 is 11.1 Å². The second-order valence-electron chi connectivity index (χ2n) is 3.88. The number of fused-ring (bicyclic) bond motifs is 1. The Kier molecular flexibility index (Phi) is 3.35. The van der Waals surface area contributed by atoms with Crippen molar-refractivity contribution in [2.75, 3.05) is 5.32 Å². The van der Waals surface area contributed by atoms with E-state index in [9.17, 15) is 4.79 Å². The molecule has 1 aromatic heterocycles. The van der Waals surface area contributed by atoms with E-state index >= 15 is 0 Å². The fourth-order valence-electron chi connectivity index (χ4n) is 1.62. The van der Waals surface area contributed by atoms with Crippen molar-refractivity contribution in [1.82, 2.24) is 4.98 Å². The van der Waals surface area contributed by atoms with Crippen LogP contribution in [0.15, 0.2) is 36.5 Å². The minimum atomic E-state index is -0.470. The summed E-state index contributed by atoms with van der Waals surface area (Å²) in [7, 11) is 0. The molecule has 0 aliphatic carbocycles. The van der Waals surface area contributed by atoms with Gasteiger partial charge in [0.2, 0.25) is 5.91 Å². The fourth-order valence-corrected chi connectivity index (χ4v) is 1.62. The van der Waals surface area contributed by atoms with E-state index in [4.69, 9.17) is 5.73 Å². The zero-order chi connectivity index (χ0) is 12.3. The Morgan fingerprint density at radius 2 is 2.24 bits per heavy atom. The molecule has 2 aromatic rings. The highest BCUT2D eigenvalue weighted by Gasteiger charge is 2.12. The monoisotopic (exact) mass is 229 g/mol. The summed E-state index contributed by atoms with van der Waals surface area (Å²) in [4.78, 5) is 16.0. The molecule has 0 aliphatic rings. The van der Waals surface area contributed by atoms with Crippen LogP contribution in [0.3, 0.4) is 0 Å². The van der Waals surface area contributed by atoms with Gasteiger partial charge < -0.3 is 11.1 Å². The second kappa shape index (κ2) is 4.93. The smallest absolute Gasteiger partial charge is 0.241 e. The number of carbonyl (C=O) groups is 1. The number of hydrogen-bond acceptors (Lipinski definition) is 3. The highest BCUT2D eigenvalue weighted by atomic mass is 16.2. The van der Waals surface area contributed by atoms with Gasteiger partial charge in [-0.05, 0) is 30.7 Å². The van der Waals surface area contributed by atoms with Crippen molar-refractivity contribution in [3.63, 3.8) is 0 Å². The lowest BCUT2D eigenvalue weighted by Crippen LogP contribution is -2.34. The summed E-state index contributed by atoms with van der Waals surface area (Å²) in [6.45, 7) is 1.88. The van der Waals surface area contributed by atoms with Crippen LogP contribution in [0.4, 0.5) is 5.69 Å². The van der Waals surface area contributed by atoms with E-state index in [-0.39, 0.29) is 5.91 Å². The highest BCUT2D eigenvalue weighted by molar-refractivity contribution is 6.02. The van der Waals surface area contributed by atoms with E-state index in [1.54, 1.807) is 6.20 Å². The average Bonchev–Trinajstić information content (AvgIpc) is 2.38. The van der Waals surface area contributed by atoms with Gasteiger partial charge in [0.15, 0.2) is 0 Å². The molecule has 17 heavy (non-hydrogen) atoms. The Morgan fingerprint density at radius 1 is 1.41 bits per heavy atom. The molecular formula is C13H15N3O. The molecule has 1 heterocycles. The van der Waals surface area contributed by atoms with E-state index in [0.717, 1.165) is 16.6 Å². The molecule has 0 radical (unpaired) electrons. The normalized spacial score (nSPS) is 12.4. The van der Waals surface area contributed by atoms with Gasteiger partial charge in [-0.1, -0.05) is 13.0 Å². The number of rotatable bonds is 3. The molecule has 1 aromatic carbocycles. The molecule has 0 unspecified atom stereocenters. The van der Waals surface area contributed by atoms with Crippen molar-refractivity contribution in [3.8, 4) is 0 Å². The molecule has 0 aliphatic heterocycles. The summed E-state index contributed by atoms with van der Waals surface area (Å²) in [5.74, 6) is -0.163. The number of amides is 1. The number of nitrogens with two attached hydrogens (primary N) is 1. The summed E-state index contributed by atoms with van der Waals surface area (Å²) in [6, 6.07) is 8.92. The molecule has 3 N–H and O–H groups in total. The highest BCUT2D eigenvalue weighted by Crippen LogP contribution is 2.21. The molecule has 4 heteroatoms. The largest absolute Gasteiger partial charge is 0.324 e. The maximum atomic E-state index is 11.7. The van der Waals surface area contributed by atoms with E-state index in [1.165, 1.54) is 0 Å². The first-order chi connectivity index (χ1) is 8.22. The van der Waals surface area contributed by atoms with Crippen LogP contribution >= 0.6 is 0 Å². The topological polar surface area (TPSA) is 68.0 Å². The minimum Gasteiger partial charge on any atom is -0.324 e. The SMILES string of the molecule is CC[C@@H](N)C(=O)Nc1cccc2ncccc12. The number of pyridine rings is 1. The molecule has 0 fully saturated rings. The van der Waals surface area contributed by atoms with Gasteiger partial charge in [0.05, 0.1) is 17.2 Å². The van der Waals surface area contributed by atoms with Crippen LogP contribution in [-0.2, 0) is 4.79 Å².